The van der Waals surface area contributed by atoms with E-state index in [0.29, 0.717) is 0 Å². The van der Waals surface area contributed by atoms with Gasteiger partial charge in [-0.1, -0.05) is 0 Å². The Morgan fingerprint density at radius 3 is 1.33 bits per heavy atom. The molecule has 0 aliphatic rings. The van der Waals surface area contributed by atoms with E-state index in [9.17, 15) is 0 Å². The molecule has 0 aromatic carbocycles. The van der Waals surface area contributed by atoms with Crippen molar-refractivity contribution in [1.29, 1.82) is 0 Å². The van der Waals surface area contributed by atoms with E-state index in [4.69, 9.17) is 9.79 Å². The average Bonchev–Trinajstić information content (AvgIpc) is 0.811. The molecule has 0 bridgehead atoms. The second-order valence-electron chi connectivity index (χ2n) is 0.489. The standard InChI is InChI=1S/CH5O2P.CH3.Y/c1-4(2)3;;/h2-3H,1H3;1H3;/q;-1;. The Bertz CT molecular complexity index is 16.3. The molecular weight excluding hydrogens is 176 g/mol. The zero-order valence-corrected chi connectivity index (χ0v) is 7.65. The summed E-state index contributed by atoms with van der Waals surface area (Å²) in [6.45, 7) is 1.34. The van der Waals surface area contributed by atoms with Crippen LogP contribution in [0.2, 0.25) is 0 Å². The third-order valence-corrected chi connectivity index (χ3v) is 0. The first kappa shape index (κ1) is 15.7. The molecule has 0 fully saturated rings. The monoisotopic (exact) mass is 184 g/mol. The Labute approximate surface area is 64.8 Å². The molecule has 0 unspecified atom stereocenters. The van der Waals surface area contributed by atoms with Crippen molar-refractivity contribution in [2.24, 2.45) is 0 Å². The quantitative estimate of drug-likeness (QED) is 0.421. The summed E-state index contributed by atoms with van der Waals surface area (Å²) in [6.07, 6.45) is 0. The van der Waals surface area contributed by atoms with Crippen LogP contribution in [-0.2, 0) is 32.7 Å². The summed E-state index contributed by atoms with van der Waals surface area (Å²) in [7, 11) is -1.62. The molecule has 6 heavy (non-hydrogen) atoms. The Hall–Kier alpha value is 1.45. The summed E-state index contributed by atoms with van der Waals surface area (Å²) in [4.78, 5) is 15.4. The van der Waals surface area contributed by atoms with Crippen LogP contribution in [0.5, 0.6) is 0 Å². The van der Waals surface area contributed by atoms with Gasteiger partial charge in [0.15, 0.2) is 8.38 Å². The van der Waals surface area contributed by atoms with Gasteiger partial charge in [0.25, 0.3) is 0 Å². The summed E-state index contributed by atoms with van der Waals surface area (Å²) in [5.41, 5.74) is 0. The molecule has 0 aliphatic heterocycles. The van der Waals surface area contributed by atoms with Gasteiger partial charge in [0.1, 0.15) is 0 Å². The second kappa shape index (κ2) is 9.68. The van der Waals surface area contributed by atoms with Crippen LogP contribution in [0, 0.1) is 7.43 Å². The molecule has 37 valence electrons. The van der Waals surface area contributed by atoms with E-state index < -0.39 is 8.38 Å². The Balaban J connectivity index is -0.0000000450. The van der Waals surface area contributed by atoms with Gasteiger partial charge >= 0.3 is 0 Å². The topological polar surface area (TPSA) is 40.5 Å². The van der Waals surface area contributed by atoms with Crippen molar-refractivity contribution in [3.05, 3.63) is 7.43 Å². The van der Waals surface area contributed by atoms with E-state index in [1.807, 2.05) is 0 Å². The van der Waals surface area contributed by atoms with Crippen LogP contribution >= 0.6 is 8.38 Å². The molecule has 0 saturated heterocycles. The molecule has 0 heterocycles. The van der Waals surface area contributed by atoms with Crippen LogP contribution in [0.15, 0.2) is 0 Å². The molecule has 2 N–H and O–H groups in total. The fourth-order valence-corrected chi connectivity index (χ4v) is 0. The largest absolute Gasteiger partial charge is 0.358 e. The van der Waals surface area contributed by atoms with Gasteiger partial charge in [-0.25, -0.2) is 0 Å². The van der Waals surface area contributed by atoms with Crippen molar-refractivity contribution in [2.75, 3.05) is 6.66 Å². The van der Waals surface area contributed by atoms with Crippen molar-refractivity contribution >= 4 is 8.38 Å². The fraction of sp³-hybridized carbons (Fsp3) is 0.500. The fourth-order valence-electron chi connectivity index (χ4n) is 0. The van der Waals surface area contributed by atoms with E-state index in [2.05, 4.69) is 0 Å². The van der Waals surface area contributed by atoms with Crippen LogP contribution < -0.4 is 0 Å². The first-order valence-corrected chi connectivity index (χ1v) is 2.54. The number of hydrogen-bond donors (Lipinski definition) is 2. The first-order chi connectivity index (χ1) is 1.73. The van der Waals surface area contributed by atoms with Crippen molar-refractivity contribution in [3.63, 3.8) is 0 Å². The van der Waals surface area contributed by atoms with Gasteiger partial charge in [-0.05, 0) is 0 Å². The normalized spacial score (nSPS) is 6.00. The van der Waals surface area contributed by atoms with Gasteiger partial charge in [0.05, 0.1) is 0 Å². The molecule has 2 nitrogen and oxygen atoms in total. The minimum Gasteiger partial charge on any atom is -0.358 e. The van der Waals surface area contributed by atoms with Crippen molar-refractivity contribution in [3.8, 4) is 0 Å². The van der Waals surface area contributed by atoms with E-state index in [0.717, 1.165) is 0 Å². The molecule has 4 heteroatoms. The summed E-state index contributed by atoms with van der Waals surface area (Å²) >= 11 is 0. The van der Waals surface area contributed by atoms with Gasteiger partial charge in [0, 0.05) is 39.4 Å². The van der Waals surface area contributed by atoms with E-state index >= 15 is 0 Å². The zero-order chi connectivity index (χ0) is 3.58. The molecule has 0 rings (SSSR count). The van der Waals surface area contributed by atoms with Gasteiger partial charge in [0.2, 0.25) is 0 Å². The van der Waals surface area contributed by atoms with Crippen LogP contribution in [-0.4, -0.2) is 16.5 Å². The molecule has 0 saturated carbocycles. The predicted octanol–water partition coefficient (Wildman–Crippen LogP) is 0.360. The molecule has 0 aromatic rings. The minimum absolute atomic E-state index is 0. The number of hydrogen-bond acceptors (Lipinski definition) is 2. The molecule has 0 spiro atoms. The van der Waals surface area contributed by atoms with Gasteiger partial charge in [-0.3, -0.25) is 0 Å². The third kappa shape index (κ3) is 51.2. The van der Waals surface area contributed by atoms with Crippen molar-refractivity contribution < 1.29 is 42.5 Å². The van der Waals surface area contributed by atoms with Crippen molar-refractivity contribution in [1.82, 2.24) is 0 Å². The van der Waals surface area contributed by atoms with Crippen LogP contribution in [0.25, 0.3) is 0 Å². The average molecular weight is 184 g/mol. The minimum atomic E-state index is -1.62. The van der Waals surface area contributed by atoms with Crippen LogP contribution in [0.3, 0.4) is 0 Å². The Morgan fingerprint density at radius 1 is 1.33 bits per heavy atom. The predicted molar refractivity (Wildman–Crippen MR) is 23.7 cm³/mol. The van der Waals surface area contributed by atoms with Gasteiger partial charge < -0.3 is 17.2 Å². The van der Waals surface area contributed by atoms with E-state index in [-0.39, 0.29) is 40.1 Å². The third-order valence-electron chi connectivity index (χ3n) is 0. The van der Waals surface area contributed by atoms with E-state index in [1.165, 1.54) is 6.66 Å². The summed E-state index contributed by atoms with van der Waals surface area (Å²) < 4.78 is 0. The van der Waals surface area contributed by atoms with Gasteiger partial charge in [-0.2, -0.15) is 0 Å². The zero-order valence-electron chi connectivity index (χ0n) is 3.92. The molecular formula is C2H8O2PY-. The molecule has 1 radical (unpaired) electrons. The maximum Gasteiger partial charge on any atom is 0.161 e. The van der Waals surface area contributed by atoms with Crippen LogP contribution in [0.1, 0.15) is 0 Å². The smallest absolute Gasteiger partial charge is 0.161 e. The molecule has 0 amide bonds. The van der Waals surface area contributed by atoms with Crippen LogP contribution in [0.4, 0.5) is 0 Å². The summed E-state index contributed by atoms with van der Waals surface area (Å²) in [6, 6.07) is 0. The maximum atomic E-state index is 7.68. The Morgan fingerprint density at radius 2 is 1.33 bits per heavy atom. The number of rotatable bonds is 0. The van der Waals surface area contributed by atoms with E-state index in [1.54, 1.807) is 0 Å². The SMILES string of the molecule is CP(O)O.[CH3-].[Y]. The first-order valence-electron chi connectivity index (χ1n) is 0.847. The maximum absolute atomic E-state index is 7.68. The second-order valence-corrected chi connectivity index (χ2v) is 1.47. The molecule has 0 aliphatic carbocycles. The van der Waals surface area contributed by atoms with Crippen molar-refractivity contribution in [2.45, 2.75) is 0 Å². The molecule has 0 atom stereocenters. The summed E-state index contributed by atoms with van der Waals surface area (Å²) in [5, 5.41) is 0. The van der Waals surface area contributed by atoms with Gasteiger partial charge in [-0.15, -0.1) is 0 Å². The summed E-state index contributed by atoms with van der Waals surface area (Å²) in [5.74, 6) is 0. The molecule has 0 aromatic heterocycles. The Kier molecular flexibility index (Phi) is 25.2.